The van der Waals surface area contributed by atoms with Gasteiger partial charge in [0.05, 0.1) is 19.9 Å². The maximum absolute atomic E-state index is 12.6. The lowest BCUT2D eigenvalue weighted by molar-refractivity contribution is -0.133. The maximum Gasteiger partial charge on any atom is 0.289 e. The van der Waals surface area contributed by atoms with Crippen molar-refractivity contribution in [3.63, 3.8) is 0 Å². The van der Waals surface area contributed by atoms with E-state index in [2.05, 4.69) is 5.10 Å². The van der Waals surface area contributed by atoms with Crippen molar-refractivity contribution in [2.75, 3.05) is 46.9 Å². The number of carbonyl (C=O) groups excluding carboxylic acids is 3. The summed E-state index contributed by atoms with van der Waals surface area (Å²) in [4.78, 5) is 42.1. The predicted molar refractivity (Wildman–Crippen MR) is 97.9 cm³/mol. The first-order valence-electron chi connectivity index (χ1n) is 8.84. The summed E-state index contributed by atoms with van der Waals surface area (Å²) in [5.74, 6) is -0.200. The van der Waals surface area contributed by atoms with Gasteiger partial charge in [0.15, 0.2) is 5.76 Å². The lowest BCUT2D eigenvalue weighted by Gasteiger charge is -2.35. The van der Waals surface area contributed by atoms with Crippen LogP contribution in [0.2, 0.25) is 0 Å². The molecule has 2 aromatic rings. The summed E-state index contributed by atoms with van der Waals surface area (Å²) >= 11 is 0. The van der Waals surface area contributed by atoms with Gasteiger partial charge in [0.2, 0.25) is 11.8 Å². The summed E-state index contributed by atoms with van der Waals surface area (Å²) in [6, 6.07) is 3.28. The van der Waals surface area contributed by atoms with Gasteiger partial charge in [-0.2, -0.15) is 0 Å². The van der Waals surface area contributed by atoms with Gasteiger partial charge in [0.1, 0.15) is 5.56 Å². The molecule has 0 N–H and O–H groups in total. The van der Waals surface area contributed by atoms with Gasteiger partial charge < -0.3 is 23.9 Å². The minimum atomic E-state index is -0.343. The van der Waals surface area contributed by atoms with Gasteiger partial charge >= 0.3 is 0 Å². The van der Waals surface area contributed by atoms with Crippen molar-refractivity contribution in [3.8, 4) is 5.88 Å². The Morgan fingerprint density at radius 2 is 1.89 bits per heavy atom. The van der Waals surface area contributed by atoms with Crippen LogP contribution in [-0.2, 0) is 11.8 Å². The first-order valence-corrected chi connectivity index (χ1v) is 8.84. The number of rotatable bonds is 5. The van der Waals surface area contributed by atoms with Crippen LogP contribution in [0.25, 0.3) is 0 Å². The Kier molecular flexibility index (Phi) is 5.67. The van der Waals surface area contributed by atoms with Crippen molar-refractivity contribution >= 4 is 17.7 Å². The Balaban J connectivity index is 1.54. The molecule has 3 heterocycles. The quantitative estimate of drug-likeness (QED) is 0.718. The van der Waals surface area contributed by atoms with Crippen LogP contribution in [0.1, 0.15) is 20.9 Å². The van der Waals surface area contributed by atoms with Gasteiger partial charge in [-0.1, -0.05) is 0 Å². The fourth-order valence-corrected chi connectivity index (χ4v) is 3.06. The summed E-state index contributed by atoms with van der Waals surface area (Å²) < 4.78 is 11.7. The predicted octanol–water partition coefficient (Wildman–Crippen LogP) is 0.0783. The molecule has 28 heavy (non-hydrogen) atoms. The topological polar surface area (TPSA) is 101 Å². The molecule has 0 unspecified atom stereocenters. The summed E-state index contributed by atoms with van der Waals surface area (Å²) in [7, 11) is 4.69. The van der Waals surface area contributed by atoms with E-state index < -0.39 is 0 Å². The normalized spacial score (nSPS) is 14.1. The van der Waals surface area contributed by atoms with E-state index in [1.807, 2.05) is 0 Å². The monoisotopic (exact) mass is 389 g/mol. The fourth-order valence-electron chi connectivity index (χ4n) is 3.06. The molecular formula is C18H23N5O5. The highest BCUT2D eigenvalue weighted by atomic mass is 16.5. The maximum atomic E-state index is 12.6. The Morgan fingerprint density at radius 1 is 1.21 bits per heavy atom. The summed E-state index contributed by atoms with van der Waals surface area (Å²) in [5, 5.41) is 4.05. The number of hydrogen-bond acceptors (Lipinski definition) is 6. The summed E-state index contributed by atoms with van der Waals surface area (Å²) in [5.41, 5.74) is 0.300. The zero-order valence-electron chi connectivity index (χ0n) is 16.1. The minimum absolute atomic E-state index is 0.0665. The average molecular weight is 389 g/mol. The lowest BCUT2D eigenvalue weighted by atomic mass is 10.2. The third-order valence-electron chi connectivity index (χ3n) is 4.59. The van der Waals surface area contributed by atoms with Crippen LogP contribution in [0.5, 0.6) is 5.88 Å². The van der Waals surface area contributed by atoms with E-state index in [1.165, 1.54) is 23.0 Å². The van der Waals surface area contributed by atoms with Gasteiger partial charge in [-0.15, -0.1) is 5.10 Å². The van der Waals surface area contributed by atoms with Crippen molar-refractivity contribution < 1.29 is 23.5 Å². The van der Waals surface area contributed by atoms with Crippen LogP contribution in [0, 0.1) is 0 Å². The van der Waals surface area contributed by atoms with Crippen LogP contribution in [0.4, 0.5) is 0 Å². The highest BCUT2D eigenvalue weighted by Crippen LogP contribution is 2.17. The zero-order valence-corrected chi connectivity index (χ0v) is 16.1. The van der Waals surface area contributed by atoms with Gasteiger partial charge in [0.25, 0.3) is 11.8 Å². The van der Waals surface area contributed by atoms with E-state index in [-0.39, 0.29) is 35.9 Å². The van der Waals surface area contributed by atoms with Crippen molar-refractivity contribution in [1.82, 2.24) is 24.5 Å². The van der Waals surface area contributed by atoms with Crippen LogP contribution in [-0.4, -0.2) is 89.1 Å². The zero-order chi connectivity index (χ0) is 20.3. The standard InChI is InChI=1S/C18H23N5O5/c1-20(17(25)13-11-21(2)19-16(13)27-3)12-15(24)22-6-8-23(9-7-22)18(26)14-5-4-10-28-14/h4-5,10-11H,6-9,12H2,1-3H3. The number of carbonyl (C=O) groups is 3. The first-order chi connectivity index (χ1) is 13.4. The molecule has 150 valence electrons. The van der Waals surface area contributed by atoms with Crippen LogP contribution >= 0.6 is 0 Å². The first kappa shape index (κ1) is 19.5. The molecule has 1 saturated heterocycles. The van der Waals surface area contributed by atoms with E-state index >= 15 is 0 Å². The second kappa shape index (κ2) is 8.15. The van der Waals surface area contributed by atoms with E-state index in [9.17, 15) is 14.4 Å². The third-order valence-corrected chi connectivity index (χ3v) is 4.59. The van der Waals surface area contributed by atoms with Crippen LogP contribution in [0.3, 0.4) is 0 Å². The third kappa shape index (κ3) is 4.00. The van der Waals surface area contributed by atoms with E-state index in [0.717, 1.165) is 0 Å². The molecule has 2 aromatic heterocycles. The largest absolute Gasteiger partial charge is 0.479 e. The number of amides is 3. The number of aryl methyl sites for hydroxylation is 1. The molecule has 3 rings (SSSR count). The van der Waals surface area contributed by atoms with Crippen LogP contribution in [0.15, 0.2) is 29.0 Å². The molecule has 0 saturated carbocycles. The number of ether oxygens (including phenoxy) is 1. The second-order valence-corrected chi connectivity index (χ2v) is 6.54. The number of piperazine rings is 1. The Hall–Kier alpha value is -3.30. The highest BCUT2D eigenvalue weighted by Gasteiger charge is 2.28. The van der Waals surface area contributed by atoms with Crippen molar-refractivity contribution in [2.45, 2.75) is 0 Å². The van der Waals surface area contributed by atoms with E-state index in [0.29, 0.717) is 31.7 Å². The number of furan rings is 1. The van der Waals surface area contributed by atoms with E-state index in [4.69, 9.17) is 9.15 Å². The fraction of sp³-hybridized carbons (Fsp3) is 0.444. The molecule has 3 amide bonds. The molecular weight excluding hydrogens is 366 g/mol. The number of hydrogen-bond donors (Lipinski definition) is 0. The van der Waals surface area contributed by atoms with Crippen molar-refractivity contribution in [3.05, 3.63) is 35.9 Å². The molecule has 0 bridgehead atoms. The van der Waals surface area contributed by atoms with Gasteiger partial charge in [-0.05, 0) is 12.1 Å². The van der Waals surface area contributed by atoms with Gasteiger partial charge in [-0.25, -0.2) is 0 Å². The minimum Gasteiger partial charge on any atom is -0.479 e. The molecule has 0 aromatic carbocycles. The Morgan fingerprint density at radius 3 is 2.50 bits per heavy atom. The Labute approximate surface area is 162 Å². The molecule has 0 spiro atoms. The van der Waals surface area contributed by atoms with Crippen molar-refractivity contribution in [2.24, 2.45) is 7.05 Å². The number of aromatic nitrogens is 2. The smallest absolute Gasteiger partial charge is 0.289 e. The second-order valence-electron chi connectivity index (χ2n) is 6.54. The molecule has 1 fully saturated rings. The molecule has 10 nitrogen and oxygen atoms in total. The SMILES string of the molecule is COc1nn(C)cc1C(=O)N(C)CC(=O)N1CCN(C(=O)c2ccco2)CC1. The van der Waals surface area contributed by atoms with Crippen LogP contribution < -0.4 is 4.74 Å². The molecule has 1 aliphatic rings. The molecule has 0 radical (unpaired) electrons. The lowest BCUT2D eigenvalue weighted by Crippen LogP contribution is -2.52. The number of nitrogens with zero attached hydrogens (tertiary/aromatic N) is 5. The Bertz CT molecular complexity index is 852. The average Bonchev–Trinajstić information content (AvgIpc) is 3.36. The van der Waals surface area contributed by atoms with E-state index in [1.54, 1.807) is 42.2 Å². The molecule has 10 heteroatoms. The van der Waals surface area contributed by atoms with Gasteiger partial charge in [0, 0.05) is 46.5 Å². The van der Waals surface area contributed by atoms with Crippen molar-refractivity contribution in [1.29, 1.82) is 0 Å². The molecule has 1 aliphatic heterocycles. The highest BCUT2D eigenvalue weighted by molar-refractivity contribution is 5.98. The summed E-state index contributed by atoms with van der Waals surface area (Å²) in [6.07, 6.45) is 3.01. The number of methoxy groups -OCH3 is 1. The van der Waals surface area contributed by atoms with Gasteiger partial charge in [-0.3, -0.25) is 19.1 Å². The summed E-state index contributed by atoms with van der Waals surface area (Å²) in [6.45, 7) is 1.58. The molecule has 0 atom stereocenters. The molecule has 0 aliphatic carbocycles. The number of likely N-dealkylation sites (N-methyl/N-ethyl adjacent to an activating group) is 1.